The van der Waals surface area contributed by atoms with Crippen molar-refractivity contribution in [1.29, 1.82) is 0 Å². The maximum Gasteiger partial charge on any atom is 0.231 e. The number of rotatable bonds is 6. The van der Waals surface area contributed by atoms with Gasteiger partial charge in [-0.05, 0) is 36.6 Å². The summed E-state index contributed by atoms with van der Waals surface area (Å²) in [6.07, 6.45) is 4.25. The molecule has 2 aliphatic rings. The van der Waals surface area contributed by atoms with Crippen molar-refractivity contribution in [3.63, 3.8) is 0 Å². The fourth-order valence-electron chi connectivity index (χ4n) is 5.87. The van der Waals surface area contributed by atoms with Gasteiger partial charge in [0.25, 0.3) is 0 Å². The maximum atomic E-state index is 12.4. The number of nitrogens with zero attached hydrogens (tertiary/aromatic N) is 5. The van der Waals surface area contributed by atoms with E-state index < -0.39 is 5.60 Å². The van der Waals surface area contributed by atoms with E-state index in [1.54, 1.807) is 24.2 Å². The largest absolute Gasteiger partial charge is 0.380 e. The molecule has 4 heterocycles. The van der Waals surface area contributed by atoms with Crippen LogP contribution in [0, 0.1) is 5.41 Å². The number of carbonyl (C=O) groups excluding carboxylic acids is 1. The lowest BCUT2D eigenvalue weighted by atomic mass is 9.62. The summed E-state index contributed by atoms with van der Waals surface area (Å²) < 4.78 is 5.59. The highest BCUT2D eigenvalue weighted by Gasteiger charge is 2.55. The minimum atomic E-state index is -1.24. The molecule has 2 aliphatic heterocycles. The molecule has 3 aromatic rings. The van der Waals surface area contributed by atoms with Gasteiger partial charge in [0.05, 0.1) is 5.92 Å². The minimum absolute atomic E-state index is 0.0344. The normalized spacial score (nSPS) is 21.4. The van der Waals surface area contributed by atoms with Crippen LogP contribution in [0.3, 0.4) is 0 Å². The van der Waals surface area contributed by atoms with E-state index in [-0.39, 0.29) is 17.2 Å². The van der Waals surface area contributed by atoms with Crippen LogP contribution in [0.15, 0.2) is 47.2 Å². The van der Waals surface area contributed by atoms with Crippen LogP contribution in [0.1, 0.15) is 68.5 Å². The predicted octanol–water partition coefficient (Wildman–Crippen LogP) is 3.78. The Bertz CT molecular complexity index is 1250. The van der Waals surface area contributed by atoms with E-state index >= 15 is 0 Å². The predicted molar refractivity (Wildman–Crippen MR) is 136 cm³/mol. The van der Waals surface area contributed by atoms with Gasteiger partial charge in [0.2, 0.25) is 17.6 Å². The highest BCUT2D eigenvalue weighted by atomic mass is 16.5. The van der Waals surface area contributed by atoms with Crippen LogP contribution in [0.5, 0.6) is 0 Å². The number of carbonyl (C=O) groups is 1. The third-order valence-corrected chi connectivity index (χ3v) is 7.95. The minimum Gasteiger partial charge on any atom is -0.380 e. The van der Waals surface area contributed by atoms with Gasteiger partial charge >= 0.3 is 0 Å². The maximum absolute atomic E-state index is 12.4. The van der Waals surface area contributed by atoms with Crippen molar-refractivity contribution in [2.45, 2.75) is 51.6 Å². The number of pyridine rings is 1. The Kier molecular flexibility index (Phi) is 6.21. The van der Waals surface area contributed by atoms with Crippen LogP contribution in [-0.4, -0.2) is 69.2 Å². The Morgan fingerprint density at radius 2 is 1.92 bits per heavy atom. The van der Waals surface area contributed by atoms with Gasteiger partial charge in [0, 0.05) is 62.0 Å². The second kappa shape index (κ2) is 9.09. The molecule has 1 amide bonds. The number of likely N-dealkylation sites (tertiary alicyclic amines) is 2. The molecular weight excluding hydrogens is 454 g/mol. The van der Waals surface area contributed by atoms with Crippen molar-refractivity contribution in [3.8, 4) is 11.4 Å². The summed E-state index contributed by atoms with van der Waals surface area (Å²) in [5.74, 6) is 1.48. The Labute approximate surface area is 212 Å². The average molecular weight is 490 g/mol. The van der Waals surface area contributed by atoms with E-state index in [1.165, 1.54) is 5.56 Å². The van der Waals surface area contributed by atoms with Gasteiger partial charge in [0.1, 0.15) is 5.60 Å². The Hall–Kier alpha value is -3.10. The SMILES string of the molecule is CC(=O)N1CC[C@@H](c2nc(-c3cncc(C(O)(c4ccc(C(C)C)cc4)C4(C)CN(C)C4)c3)no2)C1. The van der Waals surface area contributed by atoms with Gasteiger partial charge in [-0.2, -0.15) is 4.98 Å². The smallest absolute Gasteiger partial charge is 0.231 e. The molecule has 1 unspecified atom stereocenters. The fraction of sp³-hybridized carbons (Fsp3) is 0.500. The highest BCUT2D eigenvalue weighted by molar-refractivity contribution is 5.73. The molecule has 0 spiro atoms. The van der Waals surface area contributed by atoms with Gasteiger partial charge in [-0.1, -0.05) is 50.2 Å². The number of hydrogen-bond acceptors (Lipinski definition) is 7. The van der Waals surface area contributed by atoms with E-state index in [9.17, 15) is 9.90 Å². The van der Waals surface area contributed by atoms with Gasteiger partial charge < -0.3 is 19.4 Å². The highest BCUT2D eigenvalue weighted by Crippen LogP contribution is 2.50. The number of benzene rings is 1. The molecule has 1 N–H and O–H groups in total. The van der Waals surface area contributed by atoms with Gasteiger partial charge in [-0.3, -0.25) is 9.78 Å². The summed E-state index contributed by atoms with van der Waals surface area (Å²) in [6.45, 7) is 10.9. The monoisotopic (exact) mass is 489 g/mol. The number of aliphatic hydroxyl groups is 1. The third-order valence-electron chi connectivity index (χ3n) is 7.95. The van der Waals surface area contributed by atoms with E-state index in [4.69, 9.17) is 4.52 Å². The van der Waals surface area contributed by atoms with E-state index in [2.05, 4.69) is 60.0 Å². The number of hydrogen-bond donors (Lipinski definition) is 1. The number of amides is 1. The van der Waals surface area contributed by atoms with Crippen molar-refractivity contribution < 1.29 is 14.4 Å². The quantitative estimate of drug-likeness (QED) is 0.563. The molecule has 8 nitrogen and oxygen atoms in total. The molecule has 5 rings (SSSR count). The molecule has 0 aliphatic carbocycles. The Morgan fingerprint density at radius 3 is 2.53 bits per heavy atom. The van der Waals surface area contributed by atoms with Crippen molar-refractivity contribution in [1.82, 2.24) is 24.9 Å². The first-order chi connectivity index (χ1) is 17.1. The first kappa shape index (κ1) is 24.6. The first-order valence-electron chi connectivity index (χ1n) is 12.7. The molecule has 190 valence electrons. The van der Waals surface area contributed by atoms with Crippen molar-refractivity contribution in [2.75, 3.05) is 33.2 Å². The van der Waals surface area contributed by atoms with E-state index in [0.717, 1.165) is 25.1 Å². The summed E-state index contributed by atoms with van der Waals surface area (Å²) in [7, 11) is 2.07. The zero-order valence-electron chi connectivity index (χ0n) is 21.7. The molecule has 36 heavy (non-hydrogen) atoms. The van der Waals surface area contributed by atoms with Crippen LogP contribution < -0.4 is 0 Å². The second-order valence-corrected chi connectivity index (χ2v) is 11.1. The molecule has 2 atom stereocenters. The van der Waals surface area contributed by atoms with Crippen LogP contribution in [0.25, 0.3) is 11.4 Å². The van der Waals surface area contributed by atoms with Crippen LogP contribution in [-0.2, 0) is 10.4 Å². The van der Waals surface area contributed by atoms with E-state index in [0.29, 0.717) is 41.8 Å². The summed E-state index contributed by atoms with van der Waals surface area (Å²) in [6, 6.07) is 10.2. The third kappa shape index (κ3) is 4.12. The fourth-order valence-corrected chi connectivity index (χ4v) is 5.87. The van der Waals surface area contributed by atoms with Crippen molar-refractivity contribution >= 4 is 5.91 Å². The van der Waals surface area contributed by atoms with Crippen LogP contribution >= 0.6 is 0 Å². The molecule has 2 aromatic heterocycles. The molecule has 0 radical (unpaired) electrons. The zero-order valence-corrected chi connectivity index (χ0v) is 21.7. The molecule has 1 aromatic carbocycles. The molecule has 0 bridgehead atoms. The Balaban J connectivity index is 1.49. The molecular formula is C28H35N5O3. The lowest BCUT2D eigenvalue weighted by Crippen LogP contribution is -2.63. The second-order valence-electron chi connectivity index (χ2n) is 11.1. The van der Waals surface area contributed by atoms with Crippen molar-refractivity contribution in [2.24, 2.45) is 5.41 Å². The molecule has 0 saturated carbocycles. The van der Waals surface area contributed by atoms with Gasteiger partial charge in [0.15, 0.2) is 0 Å². The topological polar surface area (TPSA) is 95.6 Å². The average Bonchev–Trinajstić information content (AvgIpc) is 3.53. The van der Waals surface area contributed by atoms with Crippen molar-refractivity contribution in [3.05, 3.63) is 65.3 Å². The van der Waals surface area contributed by atoms with Gasteiger partial charge in [-0.25, -0.2) is 0 Å². The van der Waals surface area contributed by atoms with Crippen LogP contribution in [0.2, 0.25) is 0 Å². The molecule has 2 fully saturated rings. The Morgan fingerprint density at radius 1 is 1.19 bits per heavy atom. The molecule has 8 heteroatoms. The lowest BCUT2D eigenvalue weighted by molar-refractivity contribution is -0.127. The standard InChI is InChI=1S/C28H35N5O3/c1-18(2)20-6-8-23(9-7-20)28(35,27(4)16-32(5)17-27)24-12-22(13-29-14-24)25-30-26(36-31-25)21-10-11-33(15-21)19(3)34/h6-9,12-14,18,21,35H,10-11,15-17H2,1-5H3/t21-,28?/m1/s1. The summed E-state index contributed by atoms with van der Waals surface area (Å²) in [4.78, 5) is 24.8. The summed E-state index contributed by atoms with van der Waals surface area (Å²) in [5, 5.41) is 16.7. The number of aromatic nitrogens is 3. The summed E-state index contributed by atoms with van der Waals surface area (Å²) in [5.41, 5.74) is 1.87. The molecule has 2 saturated heterocycles. The van der Waals surface area contributed by atoms with Crippen LogP contribution in [0.4, 0.5) is 0 Å². The van der Waals surface area contributed by atoms with Gasteiger partial charge in [-0.15, -0.1) is 0 Å². The first-order valence-corrected chi connectivity index (χ1v) is 12.7. The lowest BCUT2D eigenvalue weighted by Gasteiger charge is -2.55. The van der Waals surface area contributed by atoms with E-state index in [1.807, 2.05) is 18.2 Å². The zero-order chi connectivity index (χ0) is 25.7. The summed E-state index contributed by atoms with van der Waals surface area (Å²) >= 11 is 0.